The Hall–Kier alpha value is -3.97. The summed E-state index contributed by atoms with van der Waals surface area (Å²) in [5.41, 5.74) is 5.57. The van der Waals surface area contributed by atoms with Crippen molar-refractivity contribution in [2.45, 2.75) is 32.3 Å². The van der Waals surface area contributed by atoms with Gasteiger partial charge in [0.25, 0.3) is 0 Å². The number of halogens is 1. The summed E-state index contributed by atoms with van der Waals surface area (Å²) in [6.07, 6.45) is 3.01. The normalized spacial score (nSPS) is 14.5. The highest BCUT2D eigenvalue weighted by Crippen LogP contribution is 2.37. The van der Waals surface area contributed by atoms with E-state index in [0.29, 0.717) is 11.4 Å². The van der Waals surface area contributed by atoms with Gasteiger partial charge in [-0.2, -0.15) is 9.78 Å². The number of fused-ring (bicyclic) bond motifs is 2. The molecular formula is C29H26FN3O3. The van der Waals surface area contributed by atoms with Crippen molar-refractivity contribution < 1.29 is 18.7 Å². The van der Waals surface area contributed by atoms with E-state index < -0.39 is 6.09 Å². The minimum Gasteiger partial charge on any atom is -0.443 e. The Morgan fingerprint density at radius 2 is 1.81 bits per heavy atom. The molecule has 3 heterocycles. The highest BCUT2D eigenvalue weighted by Gasteiger charge is 2.24. The van der Waals surface area contributed by atoms with Crippen molar-refractivity contribution >= 4 is 27.9 Å². The second-order valence-electron chi connectivity index (χ2n) is 9.29. The van der Waals surface area contributed by atoms with Crippen molar-refractivity contribution in [2.24, 2.45) is 0 Å². The quantitative estimate of drug-likeness (QED) is 0.293. The lowest BCUT2D eigenvalue weighted by atomic mass is 9.96. The van der Waals surface area contributed by atoms with Crippen LogP contribution in [0.1, 0.15) is 35.6 Å². The zero-order valence-electron chi connectivity index (χ0n) is 20.0. The molecule has 0 radical (unpaired) electrons. The Kier molecular flexibility index (Phi) is 5.77. The first kappa shape index (κ1) is 22.5. The van der Waals surface area contributed by atoms with Gasteiger partial charge in [-0.1, -0.05) is 30.3 Å². The van der Waals surface area contributed by atoms with Gasteiger partial charge in [0.05, 0.1) is 17.2 Å². The SMILES string of the molecule is Cc1cc(F)ccc1-n1c(C2CCOCC2)cc2cc3c(cnn3C(=O)OCc3ccccc3)cc21. The van der Waals surface area contributed by atoms with Gasteiger partial charge < -0.3 is 14.0 Å². The topological polar surface area (TPSA) is 58.3 Å². The number of hydrogen-bond donors (Lipinski definition) is 0. The monoisotopic (exact) mass is 483 g/mol. The molecule has 7 heteroatoms. The van der Waals surface area contributed by atoms with Gasteiger partial charge in [0.15, 0.2) is 0 Å². The second kappa shape index (κ2) is 9.24. The Balaban J connectivity index is 1.44. The molecule has 6 nitrogen and oxygen atoms in total. The standard InChI is InChI=1S/C29H26FN3O3/c1-19-13-24(30)7-8-25(19)32-26(21-9-11-35-12-10-21)14-22-15-28-23(16-27(22)32)17-31-33(28)29(34)36-18-20-5-3-2-4-6-20/h2-8,13-17,21H,9-12,18H2,1H3. The number of carbonyl (C=O) groups excluding carboxylic acids is 1. The van der Waals surface area contributed by atoms with Crippen LogP contribution in [0.25, 0.3) is 27.5 Å². The van der Waals surface area contributed by atoms with E-state index >= 15 is 0 Å². The molecule has 0 aliphatic carbocycles. The molecule has 3 aromatic carbocycles. The number of nitrogens with zero attached hydrogens (tertiary/aromatic N) is 3. The van der Waals surface area contributed by atoms with Crippen LogP contribution in [-0.2, 0) is 16.1 Å². The van der Waals surface area contributed by atoms with Crippen LogP contribution >= 0.6 is 0 Å². The van der Waals surface area contributed by atoms with Gasteiger partial charge in [0.2, 0.25) is 0 Å². The Labute approximate surface area is 207 Å². The van der Waals surface area contributed by atoms with Crippen LogP contribution in [0.4, 0.5) is 9.18 Å². The van der Waals surface area contributed by atoms with Crippen LogP contribution in [-0.4, -0.2) is 33.7 Å². The molecule has 1 fully saturated rings. The summed E-state index contributed by atoms with van der Waals surface area (Å²) >= 11 is 0. The van der Waals surface area contributed by atoms with Gasteiger partial charge in [0, 0.05) is 41.3 Å². The van der Waals surface area contributed by atoms with E-state index in [2.05, 4.69) is 15.7 Å². The fourth-order valence-electron chi connectivity index (χ4n) is 5.11. The molecule has 0 unspecified atom stereocenters. The van der Waals surface area contributed by atoms with Gasteiger partial charge in [-0.25, -0.2) is 9.18 Å². The zero-order chi connectivity index (χ0) is 24.6. The number of aromatic nitrogens is 3. The predicted octanol–water partition coefficient (Wildman–Crippen LogP) is 6.51. The van der Waals surface area contributed by atoms with E-state index in [1.54, 1.807) is 12.3 Å². The van der Waals surface area contributed by atoms with Crippen molar-refractivity contribution in [3.05, 3.63) is 95.6 Å². The van der Waals surface area contributed by atoms with Crippen LogP contribution in [0.15, 0.2) is 72.9 Å². The molecule has 182 valence electrons. The van der Waals surface area contributed by atoms with E-state index in [4.69, 9.17) is 9.47 Å². The summed E-state index contributed by atoms with van der Waals surface area (Å²) in [6.45, 7) is 3.55. The maximum absolute atomic E-state index is 13.9. The molecule has 0 amide bonds. The van der Waals surface area contributed by atoms with Crippen LogP contribution in [0, 0.1) is 12.7 Å². The molecule has 0 N–H and O–H groups in total. The summed E-state index contributed by atoms with van der Waals surface area (Å²) in [5.74, 6) is 0.0732. The summed E-state index contributed by atoms with van der Waals surface area (Å²) in [4.78, 5) is 12.9. The number of hydrogen-bond acceptors (Lipinski definition) is 4. The highest BCUT2D eigenvalue weighted by molar-refractivity contribution is 5.99. The fraction of sp³-hybridized carbons (Fsp3) is 0.241. The van der Waals surface area contributed by atoms with Crippen LogP contribution in [0.3, 0.4) is 0 Å². The number of aryl methyl sites for hydroxylation is 1. The summed E-state index contributed by atoms with van der Waals surface area (Å²) in [7, 11) is 0. The van der Waals surface area contributed by atoms with E-state index in [1.165, 1.54) is 16.4 Å². The van der Waals surface area contributed by atoms with Gasteiger partial charge >= 0.3 is 6.09 Å². The van der Waals surface area contributed by atoms with Crippen molar-refractivity contribution in [1.29, 1.82) is 0 Å². The summed E-state index contributed by atoms with van der Waals surface area (Å²) in [5, 5.41) is 6.14. The molecule has 36 heavy (non-hydrogen) atoms. The van der Waals surface area contributed by atoms with Crippen molar-refractivity contribution in [1.82, 2.24) is 14.3 Å². The van der Waals surface area contributed by atoms with Crippen molar-refractivity contribution in [3.63, 3.8) is 0 Å². The smallest absolute Gasteiger partial charge is 0.435 e. The van der Waals surface area contributed by atoms with Crippen LogP contribution in [0.2, 0.25) is 0 Å². The molecule has 1 aliphatic rings. The van der Waals surface area contributed by atoms with Gasteiger partial charge in [-0.05, 0) is 67.3 Å². The van der Waals surface area contributed by atoms with E-state index in [1.807, 2.05) is 55.5 Å². The lowest BCUT2D eigenvalue weighted by Crippen LogP contribution is -2.17. The average molecular weight is 484 g/mol. The fourth-order valence-corrected chi connectivity index (χ4v) is 5.11. The molecule has 0 saturated carbocycles. The van der Waals surface area contributed by atoms with Gasteiger partial charge in [-0.15, -0.1) is 0 Å². The maximum Gasteiger partial charge on any atom is 0.435 e. The lowest BCUT2D eigenvalue weighted by Gasteiger charge is -2.24. The first-order valence-electron chi connectivity index (χ1n) is 12.2. The molecule has 0 atom stereocenters. The third kappa shape index (κ3) is 4.05. The number of benzene rings is 3. The third-order valence-corrected chi connectivity index (χ3v) is 6.94. The zero-order valence-corrected chi connectivity index (χ0v) is 20.0. The van der Waals surface area contributed by atoms with Crippen LogP contribution in [0.5, 0.6) is 0 Å². The van der Waals surface area contributed by atoms with E-state index in [0.717, 1.165) is 59.2 Å². The third-order valence-electron chi connectivity index (χ3n) is 6.94. The minimum absolute atomic E-state index is 0.178. The average Bonchev–Trinajstić information content (AvgIpc) is 3.48. The molecule has 1 aliphatic heterocycles. The summed E-state index contributed by atoms with van der Waals surface area (Å²) < 4.78 is 28.6. The van der Waals surface area contributed by atoms with E-state index in [-0.39, 0.29) is 12.4 Å². The first-order chi connectivity index (χ1) is 17.6. The number of rotatable bonds is 4. The van der Waals surface area contributed by atoms with Gasteiger partial charge in [0.1, 0.15) is 12.4 Å². The van der Waals surface area contributed by atoms with Gasteiger partial charge in [-0.3, -0.25) is 0 Å². The largest absolute Gasteiger partial charge is 0.443 e. The number of carbonyl (C=O) groups is 1. The molecule has 2 aromatic heterocycles. The first-order valence-corrected chi connectivity index (χ1v) is 12.2. The highest BCUT2D eigenvalue weighted by atomic mass is 19.1. The Morgan fingerprint density at radius 3 is 2.58 bits per heavy atom. The van der Waals surface area contributed by atoms with Crippen molar-refractivity contribution in [2.75, 3.05) is 13.2 Å². The molecule has 0 spiro atoms. The molecular weight excluding hydrogens is 457 g/mol. The lowest BCUT2D eigenvalue weighted by molar-refractivity contribution is 0.0842. The summed E-state index contributed by atoms with van der Waals surface area (Å²) in [6, 6.07) is 20.7. The molecule has 0 bridgehead atoms. The van der Waals surface area contributed by atoms with Crippen LogP contribution < -0.4 is 0 Å². The molecule has 1 saturated heterocycles. The number of ether oxygens (including phenoxy) is 2. The minimum atomic E-state index is -0.522. The Bertz CT molecular complexity index is 1570. The predicted molar refractivity (Wildman–Crippen MR) is 136 cm³/mol. The Morgan fingerprint density at radius 1 is 1.03 bits per heavy atom. The van der Waals surface area contributed by atoms with Crippen molar-refractivity contribution in [3.8, 4) is 5.69 Å². The molecule has 5 aromatic rings. The second-order valence-corrected chi connectivity index (χ2v) is 9.29. The molecule has 6 rings (SSSR count). The maximum atomic E-state index is 13.9. The van der Waals surface area contributed by atoms with E-state index in [9.17, 15) is 9.18 Å².